The van der Waals surface area contributed by atoms with Crippen molar-refractivity contribution in [2.45, 2.75) is 46.2 Å². The zero-order chi connectivity index (χ0) is 23.5. The van der Waals surface area contributed by atoms with Gasteiger partial charge in [-0.25, -0.2) is 0 Å². The molecule has 32 heavy (non-hydrogen) atoms. The van der Waals surface area contributed by atoms with Gasteiger partial charge in [-0.3, -0.25) is 9.59 Å². The Kier molecular flexibility index (Phi) is 9.85. The second-order valence-corrected chi connectivity index (χ2v) is 7.50. The van der Waals surface area contributed by atoms with Gasteiger partial charge in [0, 0.05) is 31.3 Å². The number of amides is 2. The Labute approximate surface area is 190 Å². The van der Waals surface area contributed by atoms with Crippen molar-refractivity contribution in [3.63, 3.8) is 0 Å². The van der Waals surface area contributed by atoms with Crippen LogP contribution in [0.3, 0.4) is 0 Å². The van der Waals surface area contributed by atoms with Crippen LogP contribution in [-0.4, -0.2) is 50.1 Å². The monoisotopic (exact) mass is 442 g/mol. The highest BCUT2D eigenvalue weighted by Gasteiger charge is 2.29. The number of ether oxygens (including phenoxy) is 3. The van der Waals surface area contributed by atoms with Crippen LogP contribution in [0.2, 0.25) is 0 Å². The Morgan fingerprint density at radius 3 is 2.19 bits per heavy atom. The number of hydrogen-bond acceptors (Lipinski definition) is 5. The minimum atomic E-state index is -0.586. The van der Waals surface area contributed by atoms with Crippen LogP contribution < -0.4 is 19.5 Å². The van der Waals surface area contributed by atoms with E-state index in [0.717, 1.165) is 17.5 Å². The van der Waals surface area contributed by atoms with Crippen LogP contribution in [0.4, 0.5) is 0 Å². The molecule has 0 aliphatic carbocycles. The van der Waals surface area contributed by atoms with E-state index in [-0.39, 0.29) is 18.4 Å². The second-order valence-electron chi connectivity index (χ2n) is 7.50. The number of methoxy groups -OCH3 is 2. The molecule has 0 spiro atoms. The molecule has 2 rings (SSSR count). The van der Waals surface area contributed by atoms with Crippen molar-refractivity contribution in [1.29, 1.82) is 0 Å². The van der Waals surface area contributed by atoms with Crippen molar-refractivity contribution in [3.8, 4) is 17.2 Å². The highest BCUT2D eigenvalue weighted by molar-refractivity contribution is 5.88. The molecule has 0 radical (unpaired) electrons. The summed E-state index contributed by atoms with van der Waals surface area (Å²) in [5.74, 6) is 1.16. The number of hydrogen-bond donors (Lipinski definition) is 1. The molecule has 1 N–H and O–H groups in total. The van der Waals surface area contributed by atoms with Crippen LogP contribution in [0, 0.1) is 6.92 Å². The van der Waals surface area contributed by atoms with E-state index in [4.69, 9.17) is 14.2 Å². The molecule has 0 aliphatic rings. The SMILES string of the molecule is CCCNC(=O)C(CC)N(Cc1ccccc1C)C(=O)COc1cc(OC)cc(OC)c1. The molecule has 0 aromatic heterocycles. The van der Waals surface area contributed by atoms with E-state index in [1.165, 1.54) is 0 Å². The molecule has 0 fully saturated rings. The van der Waals surface area contributed by atoms with E-state index in [2.05, 4.69) is 5.32 Å². The quantitative estimate of drug-likeness (QED) is 0.542. The van der Waals surface area contributed by atoms with Crippen LogP contribution in [0.25, 0.3) is 0 Å². The van der Waals surface area contributed by atoms with Crippen molar-refractivity contribution in [3.05, 3.63) is 53.6 Å². The molecule has 1 atom stereocenters. The van der Waals surface area contributed by atoms with Crippen LogP contribution >= 0.6 is 0 Å². The third kappa shape index (κ3) is 6.90. The average molecular weight is 443 g/mol. The third-order valence-electron chi connectivity index (χ3n) is 5.22. The first-order valence-corrected chi connectivity index (χ1v) is 10.9. The highest BCUT2D eigenvalue weighted by atomic mass is 16.5. The normalized spacial score (nSPS) is 11.4. The number of nitrogens with one attached hydrogen (secondary N) is 1. The van der Waals surface area contributed by atoms with Gasteiger partial charge in [-0.1, -0.05) is 38.1 Å². The maximum Gasteiger partial charge on any atom is 0.261 e. The zero-order valence-corrected chi connectivity index (χ0v) is 19.6. The largest absolute Gasteiger partial charge is 0.496 e. The predicted molar refractivity (Wildman–Crippen MR) is 124 cm³/mol. The van der Waals surface area contributed by atoms with Gasteiger partial charge in [-0.2, -0.15) is 0 Å². The molecule has 2 aromatic carbocycles. The molecule has 1 unspecified atom stereocenters. The van der Waals surface area contributed by atoms with Crippen LogP contribution in [0.5, 0.6) is 17.2 Å². The van der Waals surface area contributed by atoms with Gasteiger partial charge in [0.05, 0.1) is 14.2 Å². The molecule has 0 heterocycles. The van der Waals surface area contributed by atoms with E-state index in [1.807, 2.05) is 45.0 Å². The summed E-state index contributed by atoms with van der Waals surface area (Å²) in [4.78, 5) is 27.7. The maximum atomic E-state index is 13.3. The third-order valence-corrected chi connectivity index (χ3v) is 5.22. The average Bonchev–Trinajstić information content (AvgIpc) is 2.81. The van der Waals surface area contributed by atoms with Gasteiger partial charge >= 0.3 is 0 Å². The van der Waals surface area contributed by atoms with Crippen molar-refractivity contribution >= 4 is 11.8 Å². The standard InChI is InChI=1S/C25H34N2O5/c1-6-12-26-25(29)23(7-2)27(16-19-11-9-8-10-18(19)3)24(28)17-32-22-14-20(30-4)13-21(15-22)31-5/h8-11,13-15,23H,6-7,12,16-17H2,1-5H3,(H,26,29). The Bertz CT molecular complexity index is 877. The molecule has 174 valence electrons. The summed E-state index contributed by atoms with van der Waals surface area (Å²) in [5, 5.41) is 2.92. The Morgan fingerprint density at radius 1 is 1.00 bits per heavy atom. The van der Waals surface area contributed by atoms with Gasteiger partial charge < -0.3 is 24.4 Å². The molecule has 0 aliphatic heterocycles. The predicted octanol–water partition coefficient (Wildman–Crippen LogP) is 3.72. The summed E-state index contributed by atoms with van der Waals surface area (Å²) >= 11 is 0. The van der Waals surface area contributed by atoms with Gasteiger partial charge in [0.15, 0.2) is 6.61 Å². The van der Waals surface area contributed by atoms with Crippen LogP contribution in [-0.2, 0) is 16.1 Å². The van der Waals surface area contributed by atoms with E-state index >= 15 is 0 Å². The van der Waals surface area contributed by atoms with Gasteiger partial charge in [0.1, 0.15) is 23.3 Å². The minimum absolute atomic E-state index is 0.153. The summed E-state index contributed by atoms with van der Waals surface area (Å²) in [5.41, 5.74) is 2.05. The molecule has 0 saturated carbocycles. The van der Waals surface area contributed by atoms with Crippen molar-refractivity contribution in [1.82, 2.24) is 10.2 Å². The Balaban J connectivity index is 2.24. The second kappa shape index (κ2) is 12.6. The van der Waals surface area contributed by atoms with E-state index < -0.39 is 6.04 Å². The lowest BCUT2D eigenvalue weighted by Crippen LogP contribution is -2.50. The lowest BCUT2D eigenvalue weighted by atomic mass is 10.1. The van der Waals surface area contributed by atoms with Gasteiger partial charge in [-0.05, 0) is 30.9 Å². The minimum Gasteiger partial charge on any atom is -0.496 e. The molecular weight excluding hydrogens is 408 g/mol. The lowest BCUT2D eigenvalue weighted by molar-refractivity contribution is -0.143. The summed E-state index contributed by atoms with van der Waals surface area (Å²) in [7, 11) is 3.10. The Morgan fingerprint density at radius 2 is 1.62 bits per heavy atom. The fourth-order valence-corrected chi connectivity index (χ4v) is 3.35. The topological polar surface area (TPSA) is 77.1 Å². The summed E-state index contributed by atoms with van der Waals surface area (Å²) < 4.78 is 16.3. The molecule has 0 bridgehead atoms. The number of carbonyl (C=O) groups excluding carboxylic acids is 2. The number of carbonyl (C=O) groups is 2. The molecule has 2 amide bonds. The van der Waals surface area contributed by atoms with E-state index in [0.29, 0.717) is 36.8 Å². The smallest absolute Gasteiger partial charge is 0.261 e. The number of aryl methyl sites for hydroxylation is 1. The fourth-order valence-electron chi connectivity index (χ4n) is 3.35. The van der Waals surface area contributed by atoms with Gasteiger partial charge in [-0.15, -0.1) is 0 Å². The van der Waals surface area contributed by atoms with Crippen molar-refractivity contribution in [2.75, 3.05) is 27.4 Å². The molecule has 2 aromatic rings. The summed E-state index contributed by atoms with van der Waals surface area (Å²) in [6.45, 7) is 6.58. The highest BCUT2D eigenvalue weighted by Crippen LogP contribution is 2.27. The summed E-state index contributed by atoms with van der Waals surface area (Å²) in [6.07, 6.45) is 1.33. The number of nitrogens with zero attached hydrogens (tertiary/aromatic N) is 1. The van der Waals surface area contributed by atoms with E-state index in [9.17, 15) is 9.59 Å². The summed E-state index contributed by atoms with van der Waals surface area (Å²) in [6, 6.07) is 12.4. The first kappa shape index (κ1) is 25.0. The first-order chi connectivity index (χ1) is 15.4. The molecular formula is C25H34N2O5. The van der Waals surface area contributed by atoms with Crippen molar-refractivity contribution in [2.24, 2.45) is 0 Å². The molecule has 0 saturated heterocycles. The molecule has 7 nitrogen and oxygen atoms in total. The Hall–Kier alpha value is -3.22. The number of rotatable bonds is 12. The van der Waals surface area contributed by atoms with Crippen molar-refractivity contribution < 1.29 is 23.8 Å². The first-order valence-electron chi connectivity index (χ1n) is 10.9. The zero-order valence-electron chi connectivity index (χ0n) is 19.6. The molecule has 7 heteroatoms. The fraction of sp³-hybridized carbons (Fsp3) is 0.440. The van der Waals surface area contributed by atoms with Crippen LogP contribution in [0.15, 0.2) is 42.5 Å². The lowest BCUT2D eigenvalue weighted by Gasteiger charge is -2.31. The maximum absolute atomic E-state index is 13.3. The van der Waals surface area contributed by atoms with Gasteiger partial charge in [0.25, 0.3) is 5.91 Å². The number of benzene rings is 2. The van der Waals surface area contributed by atoms with Gasteiger partial charge in [0.2, 0.25) is 5.91 Å². The van der Waals surface area contributed by atoms with Crippen LogP contribution in [0.1, 0.15) is 37.8 Å². The van der Waals surface area contributed by atoms with E-state index in [1.54, 1.807) is 37.3 Å².